The van der Waals surface area contributed by atoms with E-state index in [2.05, 4.69) is 54.6 Å². The lowest BCUT2D eigenvalue weighted by Gasteiger charge is -2.36. The van der Waals surface area contributed by atoms with Crippen LogP contribution in [0.2, 0.25) is 0 Å². The normalized spacial score (nSPS) is 15.3. The number of nitrogens with one attached hydrogen (secondary N) is 1. The number of piperazine rings is 1. The van der Waals surface area contributed by atoms with Crippen LogP contribution in [0.25, 0.3) is 0 Å². The molecule has 0 saturated carbocycles. The molecular formula is C19H28N6OS. The Morgan fingerprint density at radius 3 is 2.59 bits per heavy atom. The monoisotopic (exact) mass is 388 g/mol. The summed E-state index contributed by atoms with van der Waals surface area (Å²) >= 11 is 1.50. The highest BCUT2D eigenvalue weighted by molar-refractivity contribution is 7.09. The first-order valence-corrected chi connectivity index (χ1v) is 10.1. The molecule has 1 aromatic heterocycles. The van der Waals surface area contributed by atoms with E-state index in [4.69, 9.17) is 4.74 Å². The molecule has 3 rings (SSSR count). The molecule has 1 aromatic carbocycles. The van der Waals surface area contributed by atoms with Crippen LogP contribution in [0.5, 0.6) is 0 Å². The van der Waals surface area contributed by atoms with Gasteiger partial charge in [0.05, 0.1) is 6.61 Å². The summed E-state index contributed by atoms with van der Waals surface area (Å²) in [6.07, 6.45) is 0.886. The van der Waals surface area contributed by atoms with E-state index in [1.54, 1.807) is 7.11 Å². The number of anilines is 1. The Hall–Kier alpha value is -2.19. The van der Waals surface area contributed by atoms with Crippen molar-refractivity contribution in [1.29, 1.82) is 0 Å². The minimum absolute atomic E-state index is 0.622. The first-order chi connectivity index (χ1) is 13.2. The average molecular weight is 389 g/mol. The maximum atomic E-state index is 5.30. The SMILES string of the molecule is CCc1nsc(N2CCN(C(=NC)NCc3ccccc3COC)CC2)n1. The number of benzene rings is 1. The second-order valence-corrected chi connectivity index (χ2v) is 7.15. The highest BCUT2D eigenvalue weighted by atomic mass is 32.1. The molecule has 7 nitrogen and oxygen atoms in total. The third-order valence-electron chi connectivity index (χ3n) is 4.69. The molecule has 27 heavy (non-hydrogen) atoms. The van der Waals surface area contributed by atoms with Gasteiger partial charge in [-0.2, -0.15) is 4.37 Å². The molecule has 0 bridgehead atoms. The second kappa shape index (κ2) is 9.66. The Balaban J connectivity index is 1.55. The fraction of sp³-hybridized carbons (Fsp3) is 0.526. The molecule has 0 unspecified atom stereocenters. The molecule has 146 valence electrons. The maximum absolute atomic E-state index is 5.30. The summed E-state index contributed by atoms with van der Waals surface area (Å²) < 4.78 is 9.69. The van der Waals surface area contributed by atoms with Crippen LogP contribution in [0.15, 0.2) is 29.3 Å². The van der Waals surface area contributed by atoms with Crippen molar-refractivity contribution < 1.29 is 4.74 Å². The smallest absolute Gasteiger partial charge is 0.205 e. The average Bonchev–Trinajstić information content (AvgIpc) is 3.20. The zero-order valence-electron chi connectivity index (χ0n) is 16.3. The van der Waals surface area contributed by atoms with Crippen molar-refractivity contribution in [3.63, 3.8) is 0 Å². The Bertz CT molecular complexity index is 754. The lowest BCUT2D eigenvalue weighted by atomic mass is 10.1. The largest absolute Gasteiger partial charge is 0.380 e. The lowest BCUT2D eigenvalue weighted by molar-refractivity contribution is 0.184. The van der Waals surface area contributed by atoms with Crippen LogP contribution in [0.1, 0.15) is 23.9 Å². The quantitative estimate of drug-likeness (QED) is 0.604. The number of hydrogen-bond donors (Lipinski definition) is 1. The van der Waals surface area contributed by atoms with Crippen LogP contribution < -0.4 is 10.2 Å². The highest BCUT2D eigenvalue weighted by Gasteiger charge is 2.22. The summed E-state index contributed by atoms with van der Waals surface area (Å²) in [5, 5.41) is 4.53. The minimum atomic E-state index is 0.622. The Morgan fingerprint density at radius 1 is 1.22 bits per heavy atom. The summed E-state index contributed by atoms with van der Waals surface area (Å²) in [6, 6.07) is 8.34. The van der Waals surface area contributed by atoms with Gasteiger partial charge < -0.3 is 19.9 Å². The van der Waals surface area contributed by atoms with Crippen molar-refractivity contribution in [2.75, 3.05) is 45.2 Å². The molecule has 1 aliphatic rings. The van der Waals surface area contributed by atoms with Crippen LogP contribution in [-0.4, -0.2) is 60.6 Å². The van der Waals surface area contributed by atoms with Gasteiger partial charge in [-0.3, -0.25) is 4.99 Å². The minimum Gasteiger partial charge on any atom is -0.380 e. The molecule has 1 fully saturated rings. The number of guanidine groups is 1. The topological polar surface area (TPSA) is 65.9 Å². The fourth-order valence-corrected chi connectivity index (χ4v) is 3.96. The van der Waals surface area contributed by atoms with Crippen LogP contribution in [0, 0.1) is 0 Å². The van der Waals surface area contributed by atoms with Gasteiger partial charge in [-0.15, -0.1) is 0 Å². The van der Waals surface area contributed by atoms with E-state index in [-0.39, 0.29) is 0 Å². The molecule has 0 amide bonds. The predicted octanol–water partition coefficient (Wildman–Crippen LogP) is 2.14. The zero-order valence-corrected chi connectivity index (χ0v) is 17.1. The Morgan fingerprint density at radius 2 is 1.96 bits per heavy atom. The van der Waals surface area contributed by atoms with Gasteiger partial charge in [-0.05, 0) is 11.1 Å². The van der Waals surface area contributed by atoms with Crippen molar-refractivity contribution in [1.82, 2.24) is 19.6 Å². The Kier molecular flexibility index (Phi) is 7.00. The van der Waals surface area contributed by atoms with Crippen molar-refractivity contribution in [3.05, 3.63) is 41.2 Å². The van der Waals surface area contributed by atoms with E-state index in [9.17, 15) is 0 Å². The molecule has 1 aliphatic heterocycles. The van der Waals surface area contributed by atoms with Gasteiger partial charge in [0.2, 0.25) is 5.13 Å². The zero-order chi connectivity index (χ0) is 19.1. The molecule has 2 heterocycles. The van der Waals surface area contributed by atoms with E-state index in [1.165, 1.54) is 22.7 Å². The van der Waals surface area contributed by atoms with Crippen molar-refractivity contribution in [2.45, 2.75) is 26.5 Å². The van der Waals surface area contributed by atoms with Gasteiger partial charge >= 0.3 is 0 Å². The van der Waals surface area contributed by atoms with Gasteiger partial charge in [-0.25, -0.2) is 4.98 Å². The molecule has 2 aromatic rings. The second-order valence-electron chi connectivity index (χ2n) is 6.42. The lowest BCUT2D eigenvalue weighted by Crippen LogP contribution is -2.52. The Labute approximate surface area is 165 Å². The van der Waals surface area contributed by atoms with E-state index in [0.29, 0.717) is 6.61 Å². The van der Waals surface area contributed by atoms with Crippen LogP contribution in [0.3, 0.4) is 0 Å². The summed E-state index contributed by atoms with van der Waals surface area (Å²) in [5.41, 5.74) is 2.44. The summed E-state index contributed by atoms with van der Waals surface area (Å²) in [6.45, 7) is 7.14. The maximum Gasteiger partial charge on any atom is 0.205 e. The molecule has 8 heteroatoms. The first-order valence-electron chi connectivity index (χ1n) is 9.34. The molecule has 0 spiro atoms. The van der Waals surface area contributed by atoms with Crippen molar-refractivity contribution >= 4 is 22.6 Å². The van der Waals surface area contributed by atoms with Gasteiger partial charge in [0.25, 0.3) is 0 Å². The van der Waals surface area contributed by atoms with Crippen molar-refractivity contribution in [3.8, 4) is 0 Å². The van der Waals surface area contributed by atoms with E-state index in [0.717, 1.165) is 56.1 Å². The number of aromatic nitrogens is 2. The number of aliphatic imine (C=N–C) groups is 1. The third-order valence-corrected chi connectivity index (χ3v) is 5.51. The molecule has 0 radical (unpaired) electrons. The first kappa shape index (κ1) is 19.6. The molecule has 0 aliphatic carbocycles. The van der Waals surface area contributed by atoms with E-state index < -0.39 is 0 Å². The van der Waals surface area contributed by atoms with Crippen molar-refractivity contribution in [2.24, 2.45) is 4.99 Å². The summed E-state index contributed by atoms with van der Waals surface area (Å²) in [4.78, 5) is 13.7. The molecule has 0 atom stereocenters. The highest BCUT2D eigenvalue weighted by Crippen LogP contribution is 2.19. The fourth-order valence-electron chi connectivity index (χ4n) is 3.16. The number of hydrogen-bond acceptors (Lipinski definition) is 6. The standard InChI is InChI=1S/C19H28N6OS/c1-4-17-22-19(27-23-17)25-11-9-24(10-12-25)18(20-2)21-13-15-7-5-6-8-16(15)14-26-3/h5-8H,4,9-14H2,1-3H3,(H,20,21). The van der Waals surface area contributed by atoms with E-state index in [1.807, 2.05) is 13.1 Å². The van der Waals surface area contributed by atoms with Gasteiger partial charge in [0, 0.05) is 64.8 Å². The van der Waals surface area contributed by atoms with Gasteiger partial charge in [0.1, 0.15) is 5.82 Å². The number of rotatable bonds is 6. The van der Waals surface area contributed by atoms with Gasteiger partial charge in [-0.1, -0.05) is 31.2 Å². The number of nitrogens with zero attached hydrogens (tertiary/aromatic N) is 5. The molecule has 1 N–H and O–H groups in total. The van der Waals surface area contributed by atoms with Crippen LogP contribution >= 0.6 is 11.5 Å². The number of ether oxygens (including phenoxy) is 1. The summed E-state index contributed by atoms with van der Waals surface area (Å²) in [7, 11) is 3.57. The number of methoxy groups -OCH3 is 1. The van der Waals surface area contributed by atoms with Crippen LogP contribution in [-0.2, 0) is 24.3 Å². The molecule has 1 saturated heterocycles. The third kappa shape index (κ3) is 4.95. The van der Waals surface area contributed by atoms with E-state index >= 15 is 0 Å². The predicted molar refractivity (Wildman–Crippen MR) is 110 cm³/mol. The van der Waals surface area contributed by atoms with Gasteiger partial charge in [0.15, 0.2) is 5.96 Å². The number of aryl methyl sites for hydroxylation is 1. The molecular weight excluding hydrogens is 360 g/mol. The summed E-state index contributed by atoms with van der Waals surface area (Å²) in [5.74, 6) is 1.87. The van der Waals surface area contributed by atoms with Crippen LogP contribution in [0.4, 0.5) is 5.13 Å².